The summed E-state index contributed by atoms with van der Waals surface area (Å²) >= 11 is 0. The Morgan fingerprint density at radius 1 is 0.758 bits per heavy atom. The number of amides is 9. The van der Waals surface area contributed by atoms with E-state index in [0.29, 0.717) is 77.5 Å². The van der Waals surface area contributed by atoms with E-state index in [9.17, 15) is 52.7 Å². The SMILES string of the molecule is CCC(C)C(C(CC(=O)N1CCCC1C(OC)C(C)C(=O)CCCC1(C(=O)N2CCCCO2)CC1c1ccccc1)OC)N(C)C(=O)C(NC(=O)C(C(C)C)N(C)CCCC(=O)OC(C)C(NC(=O)OC(C)(C)C)C(=O)NNC(=O)CCCCCN1C(=O)C=CC1=O)C(C)C. The van der Waals surface area contributed by atoms with Crippen molar-refractivity contribution in [3.8, 4) is 0 Å². The van der Waals surface area contributed by atoms with Gasteiger partial charge in [-0.1, -0.05) is 91.6 Å². The van der Waals surface area contributed by atoms with Crippen molar-refractivity contribution in [1.29, 1.82) is 0 Å². The molecule has 95 heavy (non-hydrogen) atoms. The molecule has 25 heteroatoms. The van der Waals surface area contributed by atoms with Crippen LogP contribution in [0.3, 0.4) is 0 Å². The van der Waals surface area contributed by atoms with E-state index in [1.807, 2.05) is 66.7 Å². The number of likely N-dealkylation sites (tertiary alicyclic amines) is 1. The molecule has 3 aliphatic heterocycles. The number of methoxy groups -OCH3 is 2. The molecule has 1 aromatic rings. The van der Waals surface area contributed by atoms with Gasteiger partial charge in [-0.15, -0.1) is 0 Å². The van der Waals surface area contributed by atoms with Gasteiger partial charge in [0.05, 0.1) is 48.8 Å². The average molecular weight is 1330 g/mol. The Labute approximate surface area is 562 Å². The van der Waals surface area contributed by atoms with Crippen LogP contribution in [0.25, 0.3) is 0 Å². The normalized spacial score (nSPS) is 20.9. The molecule has 12 atom stereocenters. The molecule has 4 aliphatic rings. The first-order chi connectivity index (χ1) is 44.9. The highest BCUT2D eigenvalue weighted by Crippen LogP contribution is 2.63. The zero-order chi connectivity index (χ0) is 70.5. The van der Waals surface area contributed by atoms with E-state index >= 15 is 0 Å². The van der Waals surface area contributed by atoms with Crippen molar-refractivity contribution in [2.75, 3.05) is 61.1 Å². The molecular weight excluding hydrogens is 1220 g/mol. The number of carbonyl (C=O) groups excluding carboxylic acids is 11. The second-order valence-electron chi connectivity index (χ2n) is 28.0. The fourth-order valence-electron chi connectivity index (χ4n) is 13.6. The summed E-state index contributed by atoms with van der Waals surface area (Å²) < 4.78 is 23.3. The van der Waals surface area contributed by atoms with Gasteiger partial charge >= 0.3 is 12.1 Å². The van der Waals surface area contributed by atoms with Crippen molar-refractivity contribution < 1.29 is 76.5 Å². The first kappa shape index (κ1) is 78.9. The predicted octanol–water partition coefficient (Wildman–Crippen LogP) is 6.71. The number of imide groups is 1. The molecule has 0 spiro atoms. The lowest BCUT2D eigenvalue weighted by Crippen LogP contribution is -2.60. The molecule has 1 aromatic carbocycles. The molecule has 9 amide bonds. The van der Waals surface area contributed by atoms with Crippen LogP contribution >= 0.6 is 0 Å². The Morgan fingerprint density at radius 3 is 2.04 bits per heavy atom. The molecule has 3 fully saturated rings. The number of esters is 1. The highest BCUT2D eigenvalue weighted by molar-refractivity contribution is 6.12. The van der Waals surface area contributed by atoms with Gasteiger partial charge in [0.25, 0.3) is 23.6 Å². The van der Waals surface area contributed by atoms with Gasteiger partial charge in [-0.25, -0.2) is 9.86 Å². The van der Waals surface area contributed by atoms with Crippen LogP contribution in [0.2, 0.25) is 0 Å². The number of ether oxygens (including phenoxy) is 4. The Bertz CT molecular complexity index is 2790. The molecule has 25 nitrogen and oxygen atoms in total. The van der Waals surface area contributed by atoms with Gasteiger partial charge in [-0.2, -0.15) is 0 Å². The monoisotopic (exact) mass is 1330 g/mol. The van der Waals surface area contributed by atoms with E-state index in [0.717, 1.165) is 23.3 Å². The third-order valence-electron chi connectivity index (χ3n) is 19.1. The fraction of sp³-hybridized carbons (Fsp3) is 0.729. The molecule has 1 saturated carbocycles. The zero-order valence-electron chi connectivity index (χ0n) is 59.2. The number of hydrogen-bond acceptors (Lipinski definition) is 17. The number of unbranched alkanes of at least 4 members (excludes halogenated alkanes) is 2. The summed E-state index contributed by atoms with van der Waals surface area (Å²) in [6.07, 6.45) is 6.08. The van der Waals surface area contributed by atoms with Crippen molar-refractivity contribution in [3.63, 3.8) is 0 Å². The number of carbonyl (C=O) groups is 11. The summed E-state index contributed by atoms with van der Waals surface area (Å²) in [5.74, 6) is -5.12. The van der Waals surface area contributed by atoms with E-state index in [2.05, 4.69) is 33.6 Å². The van der Waals surface area contributed by atoms with Crippen LogP contribution in [0, 0.1) is 29.1 Å². The molecule has 4 N–H and O–H groups in total. The Kier molecular flexibility index (Phi) is 30.8. The molecule has 532 valence electrons. The van der Waals surface area contributed by atoms with Gasteiger partial charge in [0, 0.05) is 78.2 Å². The minimum Gasteiger partial charge on any atom is -0.460 e. The van der Waals surface area contributed by atoms with Crippen LogP contribution in [-0.2, 0) is 71.7 Å². The van der Waals surface area contributed by atoms with Crippen LogP contribution in [0.5, 0.6) is 0 Å². The number of rotatable bonds is 37. The largest absolute Gasteiger partial charge is 0.460 e. The quantitative estimate of drug-likeness (QED) is 0.0233. The summed E-state index contributed by atoms with van der Waals surface area (Å²) in [5, 5.41) is 7.03. The van der Waals surface area contributed by atoms with Crippen molar-refractivity contribution in [3.05, 3.63) is 48.0 Å². The second-order valence-corrected chi connectivity index (χ2v) is 28.0. The maximum atomic E-state index is 14.9. The molecule has 2 saturated heterocycles. The van der Waals surface area contributed by atoms with Gasteiger partial charge in [0.15, 0.2) is 0 Å². The Balaban J connectivity index is 1.15. The van der Waals surface area contributed by atoms with Crippen LogP contribution in [0.4, 0.5) is 4.79 Å². The summed E-state index contributed by atoms with van der Waals surface area (Å²) in [6, 6.07) is 5.86. The van der Waals surface area contributed by atoms with Gasteiger partial charge in [0.2, 0.25) is 23.6 Å². The minimum absolute atomic E-state index is 0.00304. The van der Waals surface area contributed by atoms with E-state index in [1.54, 1.807) is 61.7 Å². The lowest BCUT2D eigenvalue weighted by Gasteiger charge is -2.41. The molecular formula is C70H111N9O16. The molecule has 12 unspecified atom stereocenters. The first-order valence-corrected chi connectivity index (χ1v) is 34.4. The maximum Gasteiger partial charge on any atom is 0.408 e. The van der Waals surface area contributed by atoms with Crippen LogP contribution in [-0.4, -0.2) is 205 Å². The fourth-order valence-corrected chi connectivity index (χ4v) is 13.6. The number of hydroxylamine groups is 2. The number of nitrogens with one attached hydrogen (secondary N) is 4. The Hall–Kier alpha value is -6.83. The van der Waals surface area contributed by atoms with Crippen molar-refractivity contribution in [2.24, 2.45) is 29.1 Å². The Morgan fingerprint density at radius 2 is 1.44 bits per heavy atom. The molecule has 0 radical (unpaired) electrons. The van der Waals surface area contributed by atoms with Gasteiger partial charge in [0.1, 0.15) is 29.6 Å². The smallest absolute Gasteiger partial charge is 0.408 e. The molecule has 5 rings (SSSR count). The number of hydrogen-bond donors (Lipinski definition) is 4. The molecule has 0 aromatic heterocycles. The minimum atomic E-state index is -1.50. The lowest BCUT2D eigenvalue weighted by molar-refractivity contribution is -0.203. The summed E-state index contributed by atoms with van der Waals surface area (Å²) in [5.41, 5.74) is 4.13. The van der Waals surface area contributed by atoms with E-state index in [4.69, 9.17) is 23.8 Å². The van der Waals surface area contributed by atoms with Crippen molar-refractivity contribution in [2.45, 2.75) is 239 Å². The highest BCUT2D eigenvalue weighted by atomic mass is 16.7. The van der Waals surface area contributed by atoms with Gasteiger partial charge < -0.3 is 39.4 Å². The van der Waals surface area contributed by atoms with Gasteiger partial charge in [-0.05, 0) is 135 Å². The number of Topliss-reactive ketones (excluding diaryl/α,β-unsaturated/α-hetero) is 1. The second kappa shape index (κ2) is 37.1. The number of alkyl carbamates (subject to hydrolysis) is 1. The number of likely N-dealkylation sites (N-methyl/N-ethyl adjacent to an activating group) is 2. The van der Waals surface area contributed by atoms with Crippen LogP contribution < -0.4 is 21.5 Å². The van der Waals surface area contributed by atoms with E-state index < -0.39 is 89.2 Å². The van der Waals surface area contributed by atoms with E-state index in [1.165, 1.54) is 26.2 Å². The summed E-state index contributed by atoms with van der Waals surface area (Å²) in [7, 11) is 6.53. The summed E-state index contributed by atoms with van der Waals surface area (Å²) in [6.45, 7) is 21.6. The van der Waals surface area contributed by atoms with Crippen LogP contribution in [0.15, 0.2) is 42.5 Å². The van der Waals surface area contributed by atoms with Crippen LogP contribution in [0.1, 0.15) is 190 Å². The lowest BCUT2D eigenvalue weighted by atomic mass is 9.87. The predicted molar refractivity (Wildman–Crippen MR) is 355 cm³/mol. The number of hydrazine groups is 1. The van der Waals surface area contributed by atoms with Crippen molar-refractivity contribution >= 4 is 65.1 Å². The number of ketones is 1. The third-order valence-corrected chi connectivity index (χ3v) is 19.1. The zero-order valence-corrected chi connectivity index (χ0v) is 59.2. The third kappa shape index (κ3) is 22.4. The number of nitrogens with zero attached hydrogens (tertiary/aromatic N) is 5. The number of benzene rings is 1. The van der Waals surface area contributed by atoms with Gasteiger partial charge in [-0.3, -0.25) is 73.4 Å². The maximum absolute atomic E-state index is 14.9. The van der Waals surface area contributed by atoms with Crippen molar-refractivity contribution in [1.82, 2.24) is 46.1 Å². The average Bonchev–Trinajstić information content (AvgIpc) is 1.57. The molecule has 3 heterocycles. The highest BCUT2D eigenvalue weighted by Gasteiger charge is 2.61. The summed E-state index contributed by atoms with van der Waals surface area (Å²) in [4.78, 5) is 160. The standard InChI is InChI=1S/C70H111N9O16/c1-16-46(6)62(53(91-14)42-57(84)77-39-26-30-51(77)63(92-15)47(7)52(80)31-25-36-70(67(89)79-40-23-24-41-93-79)43-50(70)49-28-19-17-20-29-49)76(13)66(88)59(44(2)3)71-65(87)61(45(4)5)75(12)37-27-33-58(85)94-48(8)60(72-68(90)95-69(9,10)11)64(86)74-73-54(81)32-21-18-22-38-78-55(82)34-35-56(78)83/h17,19-20,28-29,34-35,44-48,50-51,53,59-63H,16,18,21-27,30-33,36-43H2,1-15H3,(H,71,87)(H,72,90)(H,73,81)(H,74,86). The molecule has 1 aliphatic carbocycles. The van der Waals surface area contributed by atoms with E-state index in [-0.39, 0.29) is 110 Å². The first-order valence-electron chi connectivity index (χ1n) is 34.4. The topological polar surface area (TPSA) is 298 Å². The molecule has 0 bridgehead atoms.